The van der Waals surface area contributed by atoms with Crippen molar-refractivity contribution < 1.29 is 19.0 Å². The maximum atomic E-state index is 14.0. The fourth-order valence-electron chi connectivity index (χ4n) is 3.72. The summed E-state index contributed by atoms with van der Waals surface area (Å²) in [5.74, 6) is 0.0872. The Kier molecular flexibility index (Phi) is 6.13. The second kappa shape index (κ2) is 9.13. The predicted molar refractivity (Wildman–Crippen MR) is 112 cm³/mol. The van der Waals surface area contributed by atoms with E-state index < -0.39 is 6.10 Å². The zero-order chi connectivity index (χ0) is 21.8. The summed E-state index contributed by atoms with van der Waals surface area (Å²) in [5, 5.41) is 18.5. The minimum absolute atomic E-state index is 0.141. The van der Waals surface area contributed by atoms with Gasteiger partial charge < -0.3 is 19.6 Å². The van der Waals surface area contributed by atoms with Gasteiger partial charge in [-0.2, -0.15) is 0 Å². The minimum Gasteiger partial charge on any atom is -0.496 e. The number of aliphatic hydroxyl groups is 1. The number of aromatic nitrogens is 3. The molecule has 2 aromatic carbocycles. The average Bonchev–Trinajstić information content (AvgIpc) is 3.27. The van der Waals surface area contributed by atoms with E-state index in [9.17, 15) is 14.3 Å². The Morgan fingerprint density at radius 1 is 1.13 bits per heavy atom. The summed E-state index contributed by atoms with van der Waals surface area (Å²) in [6.45, 7) is 2.14. The van der Waals surface area contributed by atoms with Crippen molar-refractivity contribution in [2.75, 3.05) is 38.2 Å². The first-order chi connectivity index (χ1) is 15.1. The zero-order valence-electron chi connectivity index (χ0n) is 17.2. The average molecular weight is 425 g/mol. The Morgan fingerprint density at radius 3 is 2.58 bits per heavy atom. The number of aliphatic hydroxyl groups excluding tert-OH is 1. The maximum absolute atomic E-state index is 14.0. The number of anilines is 1. The molecule has 31 heavy (non-hydrogen) atoms. The Bertz CT molecular complexity index is 1050. The van der Waals surface area contributed by atoms with Crippen molar-refractivity contribution in [2.24, 2.45) is 0 Å². The molecule has 0 spiro atoms. The van der Waals surface area contributed by atoms with Crippen LogP contribution in [0, 0.1) is 5.82 Å². The van der Waals surface area contributed by atoms with Gasteiger partial charge in [0.1, 0.15) is 17.7 Å². The van der Waals surface area contributed by atoms with Gasteiger partial charge in [0.05, 0.1) is 25.5 Å². The monoisotopic (exact) mass is 425 g/mol. The molecule has 9 heteroatoms. The molecule has 3 aromatic rings. The molecule has 1 aliphatic heterocycles. The molecule has 4 rings (SSSR count). The highest BCUT2D eigenvalue weighted by Gasteiger charge is 2.25. The van der Waals surface area contributed by atoms with Gasteiger partial charge in [-0.3, -0.25) is 4.79 Å². The van der Waals surface area contributed by atoms with Crippen molar-refractivity contribution in [3.63, 3.8) is 0 Å². The normalized spacial score (nSPS) is 15.1. The number of hydrogen-bond acceptors (Lipinski definition) is 6. The minimum atomic E-state index is -0.856. The molecule has 1 amide bonds. The van der Waals surface area contributed by atoms with Gasteiger partial charge in [-0.05, 0) is 18.2 Å². The third kappa shape index (κ3) is 4.51. The molecule has 2 heterocycles. The molecule has 1 aromatic heterocycles. The first-order valence-electron chi connectivity index (χ1n) is 10.1. The summed E-state index contributed by atoms with van der Waals surface area (Å²) in [4.78, 5) is 16.4. The van der Waals surface area contributed by atoms with E-state index in [4.69, 9.17) is 4.74 Å². The van der Waals surface area contributed by atoms with Crippen LogP contribution in [0.25, 0.3) is 0 Å². The van der Waals surface area contributed by atoms with Crippen molar-refractivity contribution in [1.82, 2.24) is 19.9 Å². The standard InChI is InChI=1S/C22H24FN5O3/c1-31-21-9-5-2-6-16(21)20(29)15-28-14-18(24-25-28)22(30)27-12-10-26(11-13-27)19-8-4-3-7-17(19)23/h2-9,14,20,29H,10-13,15H2,1H3/t20-/m0/s1. The van der Waals surface area contributed by atoms with E-state index in [1.54, 1.807) is 42.3 Å². The van der Waals surface area contributed by atoms with Crippen molar-refractivity contribution >= 4 is 11.6 Å². The first-order valence-corrected chi connectivity index (χ1v) is 10.1. The van der Waals surface area contributed by atoms with E-state index >= 15 is 0 Å². The summed E-state index contributed by atoms with van der Waals surface area (Å²) in [6.07, 6.45) is 0.676. The highest BCUT2D eigenvalue weighted by atomic mass is 19.1. The summed E-state index contributed by atoms with van der Waals surface area (Å²) in [6, 6.07) is 13.8. The first kappa shape index (κ1) is 20.8. The molecule has 1 saturated heterocycles. The fourth-order valence-corrected chi connectivity index (χ4v) is 3.72. The number of piperazine rings is 1. The van der Waals surface area contributed by atoms with Crippen LogP contribution in [0.3, 0.4) is 0 Å². The van der Waals surface area contributed by atoms with E-state index in [1.165, 1.54) is 16.9 Å². The third-order valence-electron chi connectivity index (χ3n) is 5.38. The van der Waals surface area contributed by atoms with E-state index in [0.29, 0.717) is 43.2 Å². The highest BCUT2D eigenvalue weighted by Crippen LogP contribution is 2.25. The van der Waals surface area contributed by atoms with Crippen LogP contribution in [0.5, 0.6) is 5.75 Å². The Balaban J connectivity index is 1.37. The molecular formula is C22H24FN5O3. The number of carbonyl (C=O) groups excluding carboxylic acids is 1. The van der Waals surface area contributed by atoms with Crippen LogP contribution in [0.2, 0.25) is 0 Å². The van der Waals surface area contributed by atoms with E-state index in [2.05, 4.69) is 10.3 Å². The second-order valence-corrected chi connectivity index (χ2v) is 7.31. The molecule has 1 fully saturated rings. The number of amides is 1. The Hall–Kier alpha value is -3.46. The number of para-hydroxylation sites is 2. The van der Waals surface area contributed by atoms with Gasteiger partial charge in [0.25, 0.3) is 5.91 Å². The molecule has 0 radical (unpaired) electrons. The summed E-state index contributed by atoms with van der Waals surface area (Å²) >= 11 is 0. The second-order valence-electron chi connectivity index (χ2n) is 7.31. The number of halogens is 1. The summed E-state index contributed by atoms with van der Waals surface area (Å²) < 4.78 is 20.7. The fraction of sp³-hybridized carbons (Fsp3) is 0.318. The Morgan fingerprint density at radius 2 is 1.84 bits per heavy atom. The Labute approximate surface area is 179 Å². The van der Waals surface area contributed by atoms with Crippen molar-refractivity contribution in [3.8, 4) is 5.75 Å². The molecule has 0 aliphatic carbocycles. The van der Waals surface area contributed by atoms with Crippen LogP contribution in [0.15, 0.2) is 54.7 Å². The molecular weight excluding hydrogens is 401 g/mol. The number of benzene rings is 2. The van der Waals surface area contributed by atoms with Gasteiger partial charge in [0.15, 0.2) is 5.69 Å². The molecule has 1 atom stereocenters. The van der Waals surface area contributed by atoms with Crippen LogP contribution >= 0.6 is 0 Å². The topological polar surface area (TPSA) is 83.7 Å². The number of carbonyl (C=O) groups is 1. The van der Waals surface area contributed by atoms with E-state index in [-0.39, 0.29) is 24.0 Å². The lowest BCUT2D eigenvalue weighted by atomic mass is 10.1. The van der Waals surface area contributed by atoms with Crippen molar-refractivity contribution in [1.29, 1.82) is 0 Å². The number of methoxy groups -OCH3 is 1. The predicted octanol–water partition coefficient (Wildman–Crippen LogP) is 2.12. The van der Waals surface area contributed by atoms with Gasteiger partial charge in [0.2, 0.25) is 0 Å². The van der Waals surface area contributed by atoms with Crippen LogP contribution in [-0.4, -0.2) is 64.2 Å². The van der Waals surface area contributed by atoms with Crippen molar-refractivity contribution in [2.45, 2.75) is 12.6 Å². The van der Waals surface area contributed by atoms with Crippen LogP contribution < -0.4 is 9.64 Å². The number of nitrogens with zero attached hydrogens (tertiary/aromatic N) is 5. The highest BCUT2D eigenvalue weighted by molar-refractivity contribution is 5.92. The van der Waals surface area contributed by atoms with Gasteiger partial charge in [-0.1, -0.05) is 35.5 Å². The SMILES string of the molecule is COc1ccccc1[C@@H](O)Cn1cc(C(=O)N2CCN(c3ccccc3F)CC2)nn1. The van der Waals surface area contributed by atoms with Crippen molar-refractivity contribution in [3.05, 3.63) is 71.8 Å². The van der Waals surface area contributed by atoms with Gasteiger partial charge in [-0.25, -0.2) is 9.07 Å². The lowest BCUT2D eigenvalue weighted by molar-refractivity contribution is 0.0740. The van der Waals surface area contributed by atoms with Crippen LogP contribution in [0.4, 0.5) is 10.1 Å². The molecule has 1 N–H and O–H groups in total. The van der Waals surface area contributed by atoms with E-state index in [0.717, 1.165) is 0 Å². The molecule has 0 saturated carbocycles. The third-order valence-corrected chi connectivity index (χ3v) is 5.38. The van der Waals surface area contributed by atoms with Gasteiger partial charge in [0, 0.05) is 31.7 Å². The lowest BCUT2D eigenvalue weighted by Crippen LogP contribution is -2.49. The summed E-state index contributed by atoms with van der Waals surface area (Å²) in [5.41, 5.74) is 1.40. The van der Waals surface area contributed by atoms with Crippen LogP contribution in [-0.2, 0) is 6.54 Å². The smallest absolute Gasteiger partial charge is 0.276 e. The quantitative estimate of drug-likeness (QED) is 0.651. The van der Waals surface area contributed by atoms with Gasteiger partial charge in [-0.15, -0.1) is 5.10 Å². The lowest BCUT2D eigenvalue weighted by Gasteiger charge is -2.35. The summed E-state index contributed by atoms with van der Waals surface area (Å²) in [7, 11) is 1.55. The number of rotatable bonds is 6. The number of ether oxygens (including phenoxy) is 1. The maximum Gasteiger partial charge on any atom is 0.276 e. The zero-order valence-corrected chi connectivity index (χ0v) is 17.2. The van der Waals surface area contributed by atoms with Crippen LogP contribution in [0.1, 0.15) is 22.2 Å². The molecule has 1 aliphatic rings. The molecule has 0 unspecified atom stereocenters. The largest absolute Gasteiger partial charge is 0.496 e. The van der Waals surface area contributed by atoms with Gasteiger partial charge >= 0.3 is 0 Å². The van der Waals surface area contributed by atoms with E-state index in [1.807, 2.05) is 17.0 Å². The number of hydrogen-bond donors (Lipinski definition) is 1. The molecule has 0 bridgehead atoms. The molecule has 8 nitrogen and oxygen atoms in total. The molecule has 162 valence electrons.